The standard InChI is InChI=1S/C9H15NSi.C2H6ClP/c1-11(2,3)10-9-7-5-4-6-8-9;1-2-4-3/h4-8,10H,1-3H3;4H,2H2,1H3. The molecular formula is C11H21ClNPSi. The highest BCUT2D eigenvalue weighted by Crippen LogP contribution is 2.12. The van der Waals surface area contributed by atoms with Gasteiger partial charge in [-0.25, -0.2) is 0 Å². The summed E-state index contributed by atoms with van der Waals surface area (Å²) in [7, 11) is -0.535. The monoisotopic (exact) mass is 261 g/mol. The Morgan fingerprint density at radius 3 is 2.00 bits per heavy atom. The SMILES string of the molecule is CCPCl.C[Si](C)(C)Nc1ccccc1. The summed E-state index contributed by atoms with van der Waals surface area (Å²) in [6.07, 6.45) is 1.11. The van der Waals surface area contributed by atoms with Gasteiger partial charge in [0, 0.05) is 5.69 Å². The van der Waals surface area contributed by atoms with Crippen LogP contribution in [-0.4, -0.2) is 14.4 Å². The quantitative estimate of drug-likeness (QED) is 0.610. The van der Waals surface area contributed by atoms with Crippen molar-refractivity contribution >= 4 is 33.1 Å². The molecule has 0 aliphatic rings. The van der Waals surface area contributed by atoms with Gasteiger partial charge in [-0.1, -0.05) is 44.8 Å². The minimum absolute atomic E-state index is 0.613. The Labute approximate surface area is 101 Å². The molecule has 0 aliphatic heterocycles. The van der Waals surface area contributed by atoms with E-state index in [2.05, 4.69) is 55.8 Å². The molecule has 1 atom stereocenters. The molecule has 1 rings (SSSR count). The van der Waals surface area contributed by atoms with Gasteiger partial charge in [0.1, 0.15) is 8.24 Å². The van der Waals surface area contributed by atoms with Crippen molar-refractivity contribution in [1.82, 2.24) is 0 Å². The van der Waals surface area contributed by atoms with Crippen molar-refractivity contribution in [1.29, 1.82) is 0 Å². The number of hydrogen-bond donors (Lipinski definition) is 1. The van der Waals surface area contributed by atoms with Crippen molar-refractivity contribution in [2.75, 3.05) is 11.1 Å². The third-order valence-corrected chi connectivity index (χ3v) is 3.53. The first-order chi connectivity index (χ1) is 6.99. The highest BCUT2D eigenvalue weighted by molar-refractivity contribution is 7.68. The van der Waals surface area contributed by atoms with E-state index in [1.165, 1.54) is 5.69 Å². The Morgan fingerprint density at radius 1 is 1.20 bits per heavy atom. The Balaban J connectivity index is 0.000000423. The molecule has 1 nitrogen and oxygen atoms in total. The first-order valence-corrected chi connectivity index (χ1v) is 10.9. The number of hydrogen-bond acceptors (Lipinski definition) is 1. The van der Waals surface area contributed by atoms with E-state index in [1.54, 1.807) is 0 Å². The predicted octanol–water partition coefficient (Wildman–Crippen LogP) is 4.77. The van der Waals surface area contributed by atoms with Crippen molar-refractivity contribution < 1.29 is 0 Å². The maximum absolute atomic E-state index is 5.21. The fourth-order valence-corrected chi connectivity index (χ4v) is 1.99. The van der Waals surface area contributed by atoms with Gasteiger partial charge < -0.3 is 4.98 Å². The molecule has 0 aliphatic carbocycles. The van der Waals surface area contributed by atoms with E-state index in [9.17, 15) is 0 Å². The van der Waals surface area contributed by atoms with E-state index in [-0.39, 0.29) is 0 Å². The summed E-state index contributed by atoms with van der Waals surface area (Å²) >= 11 is 5.21. The highest BCUT2D eigenvalue weighted by Gasteiger charge is 2.11. The molecule has 0 fully saturated rings. The van der Waals surface area contributed by atoms with E-state index in [0.29, 0.717) is 7.93 Å². The third-order valence-electron chi connectivity index (χ3n) is 1.43. The molecule has 0 amide bonds. The number of nitrogens with one attached hydrogen (secondary N) is 1. The van der Waals surface area contributed by atoms with Crippen LogP contribution in [-0.2, 0) is 0 Å². The van der Waals surface area contributed by atoms with Crippen molar-refractivity contribution in [2.45, 2.75) is 26.6 Å². The zero-order chi connectivity index (χ0) is 11.7. The van der Waals surface area contributed by atoms with Crippen LogP contribution in [0, 0.1) is 0 Å². The zero-order valence-electron chi connectivity index (χ0n) is 9.97. The van der Waals surface area contributed by atoms with Crippen LogP contribution < -0.4 is 4.98 Å². The molecule has 0 saturated heterocycles. The summed E-state index contributed by atoms with van der Waals surface area (Å²) in [5.74, 6) is 0. The molecular weight excluding hydrogens is 241 g/mol. The lowest BCUT2D eigenvalue weighted by Crippen LogP contribution is -2.31. The van der Waals surface area contributed by atoms with Gasteiger partial charge in [-0.2, -0.15) is 0 Å². The van der Waals surface area contributed by atoms with Crippen LogP contribution in [0.3, 0.4) is 0 Å². The number of halogens is 1. The Hall–Kier alpha value is -0.0431. The molecule has 86 valence electrons. The minimum Gasteiger partial charge on any atom is -0.411 e. The highest BCUT2D eigenvalue weighted by atomic mass is 35.7. The Bertz CT molecular complexity index is 247. The molecule has 0 spiro atoms. The van der Waals surface area contributed by atoms with E-state index in [0.717, 1.165) is 6.16 Å². The topological polar surface area (TPSA) is 12.0 Å². The van der Waals surface area contributed by atoms with E-state index in [4.69, 9.17) is 11.2 Å². The van der Waals surface area contributed by atoms with Crippen molar-refractivity contribution in [3.8, 4) is 0 Å². The number of para-hydroxylation sites is 1. The Morgan fingerprint density at radius 2 is 1.67 bits per heavy atom. The van der Waals surface area contributed by atoms with Crippen LogP contribution in [0.4, 0.5) is 5.69 Å². The second-order valence-electron chi connectivity index (χ2n) is 4.23. The first-order valence-electron chi connectivity index (χ1n) is 5.16. The minimum atomic E-state index is -1.15. The van der Waals surface area contributed by atoms with Crippen LogP contribution in [0.1, 0.15) is 6.92 Å². The first kappa shape index (κ1) is 15.0. The molecule has 0 aromatic heterocycles. The maximum Gasteiger partial charge on any atom is 0.144 e. The molecule has 1 unspecified atom stereocenters. The van der Waals surface area contributed by atoms with Gasteiger partial charge in [0.2, 0.25) is 0 Å². The van der Waals surface area contributed by atoms with Gasteiger partial charge in [-0.05, 0) is 26.2 Å². The molecule has 1 N–H and O–H groups in total. The van der Waals surface area contributed by atoms with Crippen LogP contribution in [0.5, 0.6) is 0 Å². The fourth-order valence-electron chi connectivity index (χ4n) is 0.954. The molecule has 1 aromatic carbocycles. The summed E-state index contributed by atoms with van der Waals surface area (Å²) in [5, 5.41) is 0. The number of rotatable bonds is 3. The summed E-state index contributed by atoms with van der Waals surface area (Å²) in [4.78, 5) is 3.52. The lowest BCUT2D eigenvalue weighted by molar-refractivity contribution is 1.53. The lowest BCUT2D eigenvalue weighted by Gasteiger charge is -2.19. The lowest BCUT2D eigenvalue weighted by atomic mass is 10.3. The summed E-state index contributed by atoms with van der Waals surface area (Å²) in [6, 6.07) is 10.4. The van der Waals surface area contributed by atoms with Crippen molar-refractivity contribution in [3.63, 3.8) is 0 Å². The molecule has 0 heterocycles. The molecule has 0 radical (unpaired) electrons. The van der Waals surface area contributed by atoms with Crippen LogP contribution in [0.2, 0.25) is 19.6 Å². The second-order valence-corrected chi connectivity index (χ2v) is 10.8. The summed E-state index contributed by atoms with van der Waals surface area (Å²) in [5.41, 5.74) is 1.24. The van der Waals surface area contributed by atoms with Gasteiger partial charge >= 0.3 is 0 Å². The average Bonchev–Trinajstić information content (AvgIpc) is 2.17. The molecule has 4 heteroatoms. The zero-order valence-corrected chi connectivity index (χ0v) is 12.7. The number of anilines is 1. The third kappa shape index (κ3) is 10.2. The van der Waals surface area contributed by atoms with Crippen molar-refractivity contribution in [2.24, 2.45) is 0 Å². The summed E-state index contributed by atoms with van der Waals surface area (Å²) in [6.45, 7) is 8.94. The van der Waals surface area contributed by atoms with E-state index < -0.39 is 8.24 Å². The maximum atomic E-state index is 5.21. The predicted molar refractivity (Wildman–Crippen MR) is 78.1 cm³/mol. The van der Waals surface area contributed by atoms with Gasteiger partial charge in [-0.15, -0.1) is 11.2 Å². The Kier molecular flexibility index (Phi) is 8.13. The van der Waals surface area contributed by atoms with E-state index in [1.807, 2.05) is 6.07 Å². The van der Waals surface area contributed by atoms with Crippen molar-refractivity contribution in [3.05, 3.63) is 30.3 Å². The largest absolute Gasteiger partial charge is 0.411 e. The van der Waals surface area contributed by atoms with Gasteiger partial charge in [0.25, 0.3) is 0 Å². The summed E-state index contributed by atoms with van der Waals surface area (Å²) < 4.78 is 0. The normalized spacial score (nSPS) is 11.0. The van der Waals surface area contributed by atoms with Gasteiger partial charge in [0.15, 0.2) is 0 Å². The van der Waals surface area contributed by atoms with Gasteiger partial charge in [0.05, 0.1) is 0 Å². The molecule has 15 heavy (non-hydrogen) atoms. The number of benzene rings is 1. The van der Waals surface area contributed by atoms with E-state index >= 15 is 0 Å². The molecule has 0 saturated carbocycles. The molecule has 1 aromatic rings. The van der Waals surface area contributed by atoms with Crippen LogP contribution in [0.25, 0.3) is 0 Å². The fraction of sp³-hybridized carbons (Fsp3) is 0.455. The van der Waals surface area contributed by atoms with Gasteiger partial charge in [-0.3, -0.25) is 0 Å². The van der Waals surface area contributed by atoms with Crippen LogP contribution >= 0.6 is 19.2 Å². The van der Waals surface area contributed by atoms with Crippen LogP contribution in [0.15, 0.2) is 30.3 Å². The average molecular weight is 262 g/mol. The molecule has 0 bridgehead atoms. The second kappa shape index (κ2) is 8.15. The smallest absolute Gasteiger partial charge is 0.144 e.